The molecule has 88 valence electrons. The van der Waals surface area contributed by atoms with Gasteiger partial charge in [-0.1, -0.05) is 0 Å². The maximum atomic E-state index is 11.3. The molecule has 0 aromatic carbocycles. The summed E-state index contributed by atoms with van der Waals surface area (Å²) in [5, 5.41) is 2.66. The Labute approximate surface area is 94.0 Å². The lowest BCUT2D eigenvalue weighted by Crippen LogP contribution is -2.22. The van der Waals surface area contributed by atoms with Crippen molar-refractivity contribution < 1.29 is 9.53 Å². The number of hydrogen-bond acceptors (Lipinski definition) is 3. The van der Waals surface area contributed by atoms with Crippen LogP contribution in [0.25, 0.3) is 0 Å². The van der Waals surface area contributed by atoms with Gasteiger partial charge in [0.2, 0.25) is 5.91 Å². The van der Waals surface area contributed by atoms with Crippen LogP contribution in [0.1, 0.15) is 13.8 Å². The predicted octanol–water partition coefficient (Wildman–Crippen LogP) is 0.843. The van der Waals surface area contributed by atoms with Crippen LogP contribution < -0.4 is 10.9 Å². The first-order valence-corrected chi connectivity index (χ1v) is 5.25. The number of carbonyl (C=O) groups is 1. The smallest absolute Gasteiger partial charge is 0.250 e. The van der Waals surface area contributed by atoms with Gasteiger partial charge in [0.15, 0.2) is 0 Å². The Morgan fingerprint density at radius 1 is 1.44 bits per heavy atom. The molecule has 0 radical (unpaired) electrons. The first kappa shape index (κ1) is 12.4. The van der Waals surface area contributed by atoms with Crippen LogP contribution in [0.5, 0.6) is 0 Å². The van der Waals surface area contributed by atoms with Crippen LogP contribution in [-0.2, 0) is 16.1 Å². The molecular formula is C11H16N2O3. The second-order valence-corrected chi connectivity index (χ2v) is 3.23. The molecule has 16 heavy (non-hydrogen) atoms. The number of amides is 1. The minimum Gasteiger partial charge on any atom is -0.372 e. The summed E-state index contributed by atoms with van der Waals surface area (Å²) >= 11 is 0. The summed E-state index contributed by atoms with van der Waals surface area (Å²) in [6.07, 6.45) is 1.62. The quantitative estimate of drug-likeness (QED) is 0.806. The number of hydrogen-bond donors (Lipinski definition) is 1. The van der Waals surface area contributed by atoms with Crippen LogP contribution in [0, 0.1) is 0 Å². The Kier molecular flexibility index (Phi) is 4.72. The summed E-state index contributed by atoms with van der Waals surface area (Å²) in [5.41, 5.74) is 0.525. The van der Waals surface area contributed by atoms with Crippen molar-refractivity contribution in [2.75, 3.05) is 18.5 Å². The molecule has 1 N–H and O–H groups in total. The molecule has 5 heteroatoms. The van der Waals surface area contributed by atoms with Crippen molar-refractivity contribution >= 4 is 11.6 Å². The summed E-state index contributed by atoms with van der Waals surface area (Å²) in [6.45, 7) is 4.80. The van der Waals surface area contributed by atoms with E-state index in [9.17, 15) is 9.59 Å². The van der Waals surface area contributed by atoms with Crippen LogP contribution in [0.4, 0.5) is 5.69 Å². The second-order valence-electron chi connectivity index (χ2n) is 3.23. The van der Waals surface area contributed by atoms with Crippen molar-refractivity contribution in [3.8, 4) is 0 Å². The van der Waals surface area contributed by atoms with E-state index >= 15 is 0 Å². The highest BCUT2D eigenvalue weighted by molar-refractivity contribution is 5.91. The standard InChI is InChI=1S/C11H16N2O3/c1-3-13-7-9(5-6-11(13)15)12-10(14)8-16-4-2/h5-7H,3-4,8H2,1-2H3,(H,12,14). The van der Waals surface area contributed by atoms with Crippen LogP contribution in [0.2, 0.25) is 0 Å². The molecule has 1 aromatic rings. The Morgan fingerprint density at radius 3 is 2.81 bits per heavy atom. The highest BCUT2D eigenvalue weighted by Crippen LogP contribution is 2.02. The molecule has 1 heterocycles. The molecule has 0 aliphatic heterocycles. The van der Waals surface area contributed by atoms with Gasteiger partial charge in [-0.25, -0.2) is 0 Å². The van der Waals surface area contributed by atoms with Gasteiger partial charge in [0.25, 0.3) is 5.56 Å². The molecular weight excluding hydrogens is 208 g/mol. The molecule has 0 bridgehead atoms. The molecule has 1 rings (SSSR count). The highest BCUT2D eigenvalue weighted by Gasteiger charge is 2.02. The van der Waals surface area contributed by atoms with Crippen LogP contribution in [0.15, 0.2) is 23.1 Å². The van der Waals surface area contributed by atoms with Crippen molar-refractivity contribution in [3.63, 3.8) is 0 Å². The van der Waals surface area contributed by atoms with E-state index in [1.165, 1.54) is 10.6 Å². The number of carbonyl (C=O) groups excluding carboxylic acids is 1. The van der Waals surface area contributed by atoms with Crippen LogP contribution in [-0.4, -0.2) is 23.7 Å². The Balaban J connectivity index is 2.67. The third-order valence-corrected chi connectivity index (χ3v) is 2.05. The molecule has 1 aromatic heterocycles. The third kappa shape index (κ3) is 3.51. The summed E-state index contributed by atoms with van der Waals surface area (Å²) in [7, 11) is 0. The molecule has 1 amide bonds. The molecule has 0 aliphatic rings. The predicted molar refractivity (Wildman–Crippen MR) is 61.5 cm³/mol. The zero-order chi connectivity index (χ0) is 12.0. The van der Waals surface area contributed by atoms with E-state index in [1.54, 1.807) is 12.3 Å². The minimum absolute atomic E-state index is 0.0295. The van der Waals surface area contributed by atoms with Crippen molar-refractivity contribution in [1.29, 1.82) is 0 Å². The fraction of sp³-hybridized carbons (Fsp3) is 0.455. The number of anilines is 1. The third-order valence-electron chi connectivity index (χ3n) is 2.05. The number of nitrogens with one attached hydrogen (secondary N) is 1. The van der Waals surface area contributed by atoms with E-state index in [-0.39, 0.29) is 18.1 Å². The molecule has 0 fully saturated rings. The summed E-state index contributed by atoms with van der Waals surface area (Å²) in [5.74, 6) is -0.219. The van der Waals surface area contributed by atoms with Gasteiger partial charge in [-0.05, 0) is 19.9 Å². The number of aryl methyl sites for hydroxylation is 1. The summed E-state index contributed by atoms with van der Waals surface area (Å²) in [6, 6.07) is 3.01. The van der Waals surface area contributed by atoms with E-state index in [4.69, 9.17) is 4.74 Å². The van der Waals surface area contributed by atoms with Gasteiger partial charge < -0.3 is 14.6 Å². The first-order chi connectivity index (χ1) is 7.67. The zero-order valence-corrected chi connectivity index (χ0v) is 9.53. The average Bonchev–Trinajstić information content (AvgIpc) is 2.29. The molecule has 0 unspecified atom stereocenters. The topological polar surface area (TPSA) is 60.3 Å². The molecule has 0 saturated carbocycles. The van der Waals surface area contributed by atoms with Crippen molar-refractivity contribution in [2.45, 2.75) is 20.4 Å². The van der Waals surface area contributed by atoms with Crippen LogP contribution >= 0.6 is 0 Å². The van der Waals surface area contributed by atoms with E-state index in [0.717, 1.165) is 0 Å². The Hall–Kier alpha value is -1.62. The van der Waals surface area contributed by atoms with E-state index < -0.39 is 0 Å². The maximum absolute atomic E-state index is 11.3. The van der Waals surface area contributed by atoms with Gasteiger partial charge in [0.05, 0.1) is 5.69 Å². The van der Waals surface area contributed by atoms with Crippen molar-refractivity contribution in [2.24, 2.45) is 0 Å². The fourth-order valence-corrected chi connectivity index (χ4v) is 1.24. The summed E-state index contributed by atoms with van der Waals surface area (Å²) in [4.78, 5) is 22.6. The first-order valence-electron chi connectivity index (χ1n) is 5.25. The molecule has 0 atom stereocenters. The maximum Gasteiger partial charge on any atom is 0.250 e. The van der Waals surface area contributed by atoms with Gasteiger partial charge in [0.1, 0.15) is 6.61 Å². The van der Waals surface area contributed by atoms with E-state index in [1.807, 2.05) is 13.8 Å². The average molecular weight is 224 g/mol. The second kappa shape index (κ2) is 6.07. The fourth-order valence-electron chi connectivity index (χ4n) is 1.24. The minimum atomic E-state index is -0.219. The van der Waals surface area contributed by atoms with Crippen molar-refractivity contribution in [1.82, 2.24) is 4.57 Å². The molecule has 0 saturated heterocycles. The molecule has 5 nitrogen and oxygen atoms in total. The SMILES string of the molecule is CCOCC(=O)Nc1ccc(=O)n(CC)c1. The number of pyridine rings is 1. The largest absolute Gasteiger partial charge is 0.372 e. The van der Waals surface area contributed by atoms with Gasteiger partial charge in [-0.15, -0.1) is 0 Å². The number of rotatable bonds is 5. The molecule has 0 spiro atoms. The molecule has 0 aliphatic carbocycles. The lowest BCUT2D eigenvalue weighted by Gasteiger charge is -2.07. The zero-order valence-electron chi connectivity index (χ0n) is 9.53. The highest BCUT2D eigenvalue weighted by atomic mass is 16.5. The number of ether oxygens (including phenoxy) is 1. The van der Waals surface area contributed by atoms with Gasteiger partial charge in [-0.2, -0.15) is 0 Å². The lowest BCUT2D eigenvalue weighted by atomic mass is 10.4. The normalized spacial score (nSPS) is 10.1. The Bertz CT molecular complexity index is 412. The van der Waals surface area contributed by atoms with E-state index in [2.05, 4.69) is 5.32 Å². The Morgan fingerprint density at radius 2 is 2.19 bits per heavy atom. The van der Waals surface area contributed by atoms with E-state index in [0.29, 0.717) is 18.8 Å². The monoisotopic (exact) mass is 224 g/mol. The van der Waals surface area contributed by atoms with Gasteiger partial charge in [-0.3, -0.25) is 9.59 Å². The van der Waals surface area contributed by atoms with Crippen molar-refractivity contribution in [3.05, 3.63) is 28.7 Å². The van der Waals surface area contributed by atoms with Crippen LogP contribution in [0.3, 0.4) is 0 Å². The number of nitrogens with zero attached hydrogens (tertiary/aromatic N) is 1. The lowest BCUT2D eigenvalue weighted by molar-refractivity contribution is -0.120. The van der Waals surface area contributed by atoms with Gasteiger partial charge >= 0.3 is 0 Å². The number of aromatic nitrogens is 1. The van der Waals surface area contributed by atoms with Gasteiger partial charge in [0, 0.05) is 25.4 Å². The summed E-state index contributed by atoms with van der Waals surface area (Å²) < 4.78 is 6.49.